The van der Waals surface area contributed by atoms with Gasteiger partial charge < -0.3 is 10.6 Å². The third-order valence-corrected chi connectivity index (χ3v) is 5.16. The summed E-state index contributed by atoms with van der Waals surface area (Å²) in [7, 11) is 0. The Labute approximate surface area is 190 Å². The zero-order valence-electron chi connectivity index (χ0n) is 17.2. The third-order valence-electron chi connectivity index (χ3n) is 4.88. The molecular weight excluding hydrogens is 424 g/mol. The molecule has 0 unspecified atom stereocenters. The summed E-state index contributed by atoms with van der Waals surface area (Å²) in [5, 5.41) is 5.84. The molecule has 0 spiro atoms. The number of halogens is 1. The van der Waals surface area contributed by atoms with Crippen LogP contribution in [0.4, 0.5) is 0 Å². The van der Waals surface area contributed by atoms with Gasteiger partial charge in [-0.2, -0.15) is 0 Å². The highest BCUT2D eigenvalue weighted by Gasteiger charge is 2.20. The van der Waals surface area contributed by atoms with Crippen LogP contribution in [0.15, 0.2) is 90.6 Å². The lowest BCUT2D eigenvalue weighted by molar-refractivity contribution is -0.123. The quantitative estimate of drug-likeness (QED) is 0.257. The molecule has 0 radical (unpaired) electrons. The highest BCUT2D eigenvalue weighted by molar-refractivity contribution is 6.31. The Balaban J connectivity index is 1.62. The van der Waals surface area contributed by atoms with Gasteiger partial charge in [0.05, 0.1) is 5.69 Å². The van der Waals surface area contributed by atoms with Gasteiger partial charge in [0.15, 0.2) is 5.15 Å². The highest BCUT2D eigenvalue weighted by Crippen LogP contribution is 2.21. The molecule has 0 saturated carbocycles. The van der Waals surface area contributed by atoms with Crippen molar-refractivity contribution < 1.29 is 9.59 Å². The number of benzene rings is 2. The summed E-state index contributed by atoms with van der Waals surface area (Å²) < 4.78 is 1.73. The minimum absolute atomic E-state index is 0.0515. The standard InChI is InChI=1S/C25H21ClN4O2/c26-23-21(30-14-8-7-13-22(30)29-23)15-20(24(31)27-16-18-9-3-1-4-10-18)25(32)28-17-19-11-5-2-6-12-19/h1-15H,16-17H2,(H,27,31)(H,28,32). The first-order valence-electron chi connectivity index (χ1n) is 10.1. The highest BCUT2D eigenvalue weighted by atomic mass is 35.5. The maximum Gasteiger partial charge on any atom is 0.257 e. The zero-order valence-corrected chi connectivity index (χ0v) is 17.9. The fraction of sp³-hybridized carbons (Fsp3) is 0.0800. The van der Waals surface area contributed by atoms with Crippen LogP contribution in [0, 0.1) is 0 Å². The number of carbonyl (C=O) groups is 2. The third kappa shape index (κ3) is 5.04. The molecule has 0 bridgehead atoms. The molecule has 0 aliphatic rings. The lowest BCUT2D eigenvalue weighted by Crippen LogP contribution is -2.34. The van der Waals surface area contributed by atoms with Crippen LogP contribution in [0.5, 0.6) is 0 Å². The summed E-state index contributed by atoms with van der Waals surface area (Å²) in [5.41, 5.74) is 2.89. The predicted molar refractivity (Wildman–Crippen MR) is 125 cm³/mol. The number of imidazole rings is 1. The Kier molecular flexibility index (Phi) is 6.63. The van der Waals surface area contributed by atoms with Crippen molar-refractivity contribution in [1.82, 2.24) is 20.0 Å². The molecule has 2 amide bonds. The lowest BCUT2D eigenvalue weighted by atomic mass is 10.1. The molecule has 4 rings (SSSR count). The van der Waals surface area contributed by atoms with Crippen LogP contribution >= 0.6 is 11.6 Å². The fourth-order valence-corrected chi connectivity index (χ4v) is 3.47. The van der Waals surface area contributed by atoms with Crippen LogP contribution in [0.1, 0.15) is 16.8 Å². The van der Waals surface area contributed by atoms with Crippen molar-refractivity contribution in [2.75, 3.05) is 0 Å². The number of amides is 2. The van der Waals surface area contributed by atoms with Crippen LogP contribution in [0.3, 0.4) is 0 Å². The number of carbonyl (C=O) groups excluding carboxylic acids is 2. The maximum atomic E-state index is 13.0. The topological polar surface area (TPSA) is 75.5 Å². The van der Waals surface area contributed by atoms with Crippen LogP contribution in [0.2, 0.25) is 5.15 Å². The van der Waals surface area contributed by atoms with Gasteiger partial charge in [-0.25, -0.2) is 4.98 Å². The SMILES string of the molecule is O=C(NCc1ccccc1)C(=Cc1c(Cl)nc2ccccn12)C(=O)NCc1ccccc1. The van der Waals surface area contributed by atoms with E-state index in [0.717, 1.165) is 11.1 Å². The molecule has 0 atom stereocenters. The van der Waals surface area contributed by atoms with Gasteiger partial charge in [-0.15, -0.1) is 0 Å². The zero-order chi connectivity index (χ0) is 22.3. The second kappa shape index (κ2) is 9.94. The van der Waals surface area contributed by atoms with E-state index in [2.05, 4.69) is 15.6 Å². The molecule has 0 saturated heterocycles. The van der Waals surface area contributed by atoms with Crippen LogP contribution in [-0.4, -0.2) is 21.2 Å². The number of aromatic nitrogens is 2. The minimum Gasteiger partial charge on any atom is -0.348 e. The van der Waals surface area contributed by atoms with Crippen LogP contribution in [0.25, 0.3) is 11.7 Å². The molecule has 0 aliphatic carbocycles. The van der Waals surface area contributed by atoms with E-state index in [1.165, 1.54) is 6.08 Å². The van der Waals surface area contributed by atoms with Crippen molar-refractivity contribution in [3.63, 3.8) is 0 Å². The van der Waals surface area contributed by atoms with Gasteiger partial charge in [0.1, 0.15) is 11.2 Å². The van der Waals surface area contributed by atoms with Gasteiger partial charge in [0, 0.05) is 19.3 Å². The molecule has 2 aromatic carbocycles. The molecule has 160 valence electrons. The van der Waals surface area contributed by atoms with E-state index in [1.807, 2.05) is 72.8 Å². The molecular formula is C25H21ClN4O2. The van der Waals surface area contributed by atoms with E-state index < -0.39 is 11.8 Å². The molecule has 4 aromatic rings. The van der Waals surface area contributed by atoms with Gasteiger partial charge in [-0.05, 0) is 29.3 Å². The molecule has 7 heteroatoms. The average molecular weight is 445 g/mol. The van der Waals surface area contributed by atoms with Gasteiger partial charge in [0.25, 0.3) is 11.8 Å². The van der Waals surface area contributed by atoms with Crippen molar-refractivity contribution >= 4 is 35.1 Å². The first kappa shape index (κ1) is 21.3. The lowest BCUT2D eigenvalue weighted by Gasteiger charge is -2.11. The number of hydrogen-bond acceptors (Lipinski definition) is 3. The maximum absolute atomic E-state index is 13.0. The van der Waals surface area contributed by atoms with E-state index in [0.29, 0.717) is 24.4 Å². The van der Waals surface area contributed by atoms with E-state index >= 15 is 0 Å². The number of nitrogens with one attached hydrogen (secondary N) is 2. The second-order valence-electron chi connectivity index (χ2n) is 7.11. The van der Waals surface area contributed by atoms with Crippen LogP contribution in [-0.2, 0) is 22.7 Å². The Bertz CT molecular complexity index is 1210. The summed E-state index contributed by atoms with van der Waals surface area (Å²) >= 11 is 6.33. The van der Waals surface area contributed by atoms with Crippen molar-refractivity contribution in [3.05, 3.63) is 113 Å². The summed E-state index contributed by atoms with van der Waals surface area (Å²) in [6.07, 6.45) is 3.25. The second-order valence-corrected chi connectivity index (χ2v) is 7.47. The smallest absolute Gasteiger partial charge is 0.257 e. The first-order chi connectivity index (χ1) is 15.6. The summed E-state index contributed by atoms with van der Waals surface area (Å²) in [5.74, 6) is -0.997. The van der Waals surface area contributed by atoms with Gasteiger partial charge in [-0.3, -0.25) is 14.0 Å². The molecule has 0 aliphatic heterocycles. The number of pyridine rings is 1. The van der Waals surface area contributed by atoms with E-state index in [-0.39, 0.29) is 10.7 Å². The van der Waals surface area contributed by atoms with Crippen LogP contribution < -0.4 is 10.6 Å². The Morgan fingerprint density at radius 3 is 1.91 bits per heavy atom. The number of hydrogen-bond donors (Lipinski definition) is 2. The molecule has 2 N–H and O–H groups in total. The largest absolute Gasteiger partial charge is 0.348 e. The van der Waals surface area contributed by atoms with Gasteiger partial charge in [0.2, 0.25) is 0 Å². The minimum atomic E-state index is -0.499. The molecule has 6 nitrogen and oxygen atoms in total. The molecule has 2 aromatic heterocycles. The summed E-state index contributed by atoms with van der Waals surface area (Å²) in [6, 6.07) is 24.5. The molecule has 32 heavy (non-hydrogen) atoms. The summed E-state index contributed by atoms with van der Waals surface area (Å²) in [4.78, 5) is 30.4. The van der Waals surface area contributed by atoms with E-state index in [1.54, 1.807) is 16.7 Å². The molecule has 2 heterocycles. The normalized spacial score (nSPS) is 10.5. The van der Waals surface area contributed by atoms with Crippen molar-refractivity contribution in [1.29, 1.82) is 0 Å². The van der Waals surface area contributed by atoms with E-state index in [9.17, 15) is 9.59 Å². The monoisotopic (exact) mass is 444 g/mol. The van der Waals surface area contributed by atoms with Crippen molar-refractivity contribution in [3.8, 4) is 0 Å². The molecule has 0 fully saturated rings. The fourth-order valence-electron chi connectivity index (χ4n) is 3.23. The average Bonchev–Trinajstić information content (AvgIpc) is 3.15. The Hall–Kier alpha value is -3.90. The summed E-state index contributed by atoms with van der Waals surface area (Å²) in [6.45, 7) is 0.591. The van der Waals surface area contributed by atoms with Crippen molar-refractivity contribution in [2.45, 2.75) is 13.1 Å². The van der Waals surface area contributed by atoms with Gasteiger partial charge >= 0.3 is 0 Å². The number of rotatable bonds is 7. The van der Waals surface area contributed by atoms with E-state index in [4.69, 9.17) is 11.6 Å². The number of nitrogens with zero attached hydrogens (tertiary/aromatic N) is 2. The van der Waals surface area contributed by atoms with Gasteiger partial charge in [-0.1, -0.05) is 78.3 Å². The van der Waals surface area contributed by atoms with Crippen molar-refractivity contribution in [2.24, 2.45) is 0 Å². The predicted octanol–water partition coefficient (Wildman–Crippen LogP) is 4.00. The number of fused-ring (bicyclic) bond motifs is 1. The Morgan fingerprint density at radius 1 is 0.812 bits per heavy atom. The Morgan fingerprint density at radius 2 is 1.34 bits per heavy atom. The first-order valence-corrected chi connectivity index (χ1v) is 10.5.